The molecule has 0 radical (unpaired) electrons. The van der Waals surface area contributed by atoms with Crippen molar-refractivity contribution < 1.29 is 28.2 Å². The standard InChI is InChI=1S/C28H37F2NO4/c1-3-10-25(31-21(2)13-14-22-11-9-18-34-20-17-22)23-15-16-24(29)27(30)28(23)35-19-8-6-4-5-7-12-26(32)33/h1,10,15-16,22H,4-9,11-14,17-20H2,2H3,(H,32,33)/b25-10-,31-21?. The van der Waals surface area contributed by atoms with Crippen molar-refractivity contribution in [2.75, 3.05) is 19.8 Å². The summed E-state index contributed by atoms with van der Waals surface area (Å²) in [6.45, 7) is 3.74. The lowest BCUT2D eigenvalue weighted by molar-refractivity contribution is -0.137. The Balaban J connectivity index is 2.02. The van der Waals surface area contributed by atoms with E-state index in [1.807, 2.05) is 6.92 Å². The summed E-state index contributed by atoms with van der Waals surface area (Å²) in [4.78, 5) is 15.2. The molecule has 7 heteroatoms. The number of ether oxygens (including phenoxy) is 2. The number of terminal acetylenes is 1. The minimum absolute atomic E-state index is 0.160. The zero-order chi connectivity index (χ0) is 25.5. The number of aliphatic imine (C=N–C) groups is 1. The second-order valence-corrected chi connectivity index (χ2v) is 8.99. The van der Waals surface area contributed by atoms with E-state index in [1.165, 1.54) is 12.1 Å². The Morgan fingerprint density at radius 1 is 1.20 bits per heavy atom. The number of unbranched alkanes of at least 4 members (excludes halogenated alkanes) is 4. The van der Waals surface area contributed by atoms with Crippen LogP contribution >= 0.6 is 0 Å². The van der Waals surface area contributed by atoms with E-state index in [1.54, 1.807) is 0 Å². The van der Waals surface area contributed by atoms with Crippen molar-refractivity contribution in [2.24, 2.45) is 10.9 Å². The molecule has 1 atom stereocenters. The number of hydrogen-bond donors (Lipinski definition) is 1. The van der Waals surface area contributed by atoms with Crippen LogP contribution in [-0.4, -0.2) is 36.6 Å². The first-order valence-corrected chi connectivity index (χ1v) is 12.5. The van der Waals surface area contributed by atoms with Crippen molar-refractivity contribution in [2.45, 2.75) is 77.6 Å². The predicted molar refractivity (Wildman–Crippen MR) is 135 cm³/mol. The third-order valence-electron chi connectivity index (χ3n) is 6.12. The molecule has 1 aromatic carbocycles. The van der Waals surface area contributed by atoms with Gasteiger partial charge in [-0.05, 0) is 69.9 Å². The minimum atomic E-state index is -1.06. The Morgan fingerprint density at radius 3 is 2.74 bits per heavy atom. The van der Waals surface area contributed by atoms with Crippen LogP contribution in [0.3, 0.4) is 0 Å². The van der Waals surface area contributed by atoms with Crippen LogP contribution in [0.15, 0.2) is 23.2 Å². The molecular formula is C28H37F2NO4. The molecule has 1 fully saturated rings. The van der Waals surface area contributed by atoms with Crippen LogP contribution in [0.5, 0.6) is 5.75 Å². The number of hydrogen-bond acceptors (Lipinski definition) is 4. The van der Waals surface area contributed by atoms with E-state index < -0.39 is 17.6 Å². The zero-order valence-corrected chi connectivity index (χ0v) is 20.7. The van der Waals surface area contributed by atoms with Gasteiger partial charge >= 0.3 is 5.97 Å². The van der Waals surface area contributed by atoms with Crippen LogP contribution in [0.1, 0.15) is 83.1 Å². The second-order valence-electron chi connectivity index (χ2n) is 8.99. The summed E-state index contributed by atoms with van der Waals surface area (Å²) in [5.41, 5.74) is 1.57. The Kier molecular flexibility index (Phi) is 13.1. The topological polar surface area (TPSA) is 68.1 Å². The van der Waals surface area contributed by atoms with Gasteiger partial charge < -0.3 is 14.6 Å². The SMILES string of the molecule is C#C/C=C(\N=C(C)CCC1CCCOCC1)c1ccc(F)c(F)c1OCCCCCCCC(=O)O. The smallest absolute Gasteiger partial charge is 0.303 e. The third-order valence-corrected chi connectivity index (χ3v) is 6.12. The number of carboxylic acid groups (broad SMARTS) is 1. The summed E-state index contributed by atoms with van der Waals surface area (Å²) >= 11 is 0. The van der Waals surface area contributed by atoms with Gasteiger partial charge in [-0.15, -0.1) is 6.42 Å². The van der Waals surface area contributed by atoms with Gasteiger partial charge in [-0.3, -0.25) is 9.79 Å². The number of carbonyl (C=O) groups is 1. The molecule has 0 bridgehead atoms. The largest absolute Gasteiger partial charge is 0.490 e. The number of carboxylic acids is 1. The first-order valence-electron chi connectivity index (χ1n) is 12.5. The van der Waals surface area contributed by atoms with Gasteiger partial charge in [-0.1, -0.05) is 25.2 Å². The fourth-order valence-electron chi connectivity index (χ4n) is 4.14. The van der Waals surface area contributed by atoms with Crippen LogP contribution in [0.4, 0.5) is 8.78 Å². The molecular weight excluding hydrogens is 452 g/mol. The summed E-state index contributed by atoms with van der Waals surface area (Å²) in [5.74, 6) is 0.0125. The molecule has 1 aromatic rings. The number of benzene rings is 1. The highest BCUT2D eigenvalue weighted by Crippen LogP contribution is 2.32. The van der Waals surface area contributed by atoms with Crippen molar-refractivity contribution in [1.29, 1.82) is 0 Å². The van der Waals surface area contributed by atoms with Crippen molar-refractivity contribution >= 4 is 17.4 Å². The molecule has 1 aliphatic rings. The average molecular weight is 490 g/mol. The van der Waals surface area contributed by atoms with Crippen LogP contribution in [0.2, 0.25) is 0 Å². The molecule has 1 N–H and O–H groups in total. The van der Waals surface area contributed by atoms with E-state index in [0.29, 0.717) is 30.0 Å². The van der Waals surface area contributed by atoms with Crippen LogP contribution in [0, 0.1) is 29.9 Å². The lowest BCUT2D eigenvalue weighted by Gasteiger charge is -2.15. The van der Waals surface area contributed by atoms with Crippen molar-refractivity contribution in [1.82, 2.24) is 0 Å². The quantitative estimate of drug-likeness (QED) is 0.177. The normalized spacial score (nSPS) is 17.0. The summed E-state index contributed by atoms with van der Waals surface area (Å²) in [6, 6.07) is 2.50. The maximum Gasteiger partial charge on any atom is 0.303 e. The highest BCUT2D eigenvalue weighted by molar-refractivity contribution is 5.89. The van der Waals surface area contributed by atoms with Gasteiger partial charge in [-0.2, -0.15) is 4.39 Å². The van der Waals surface area contributed by atoms with Gasteiger partial charge in [0.15, 0.2) is 11.6 Å². The van der Waals surface area contributed by atoms with Crippen molar-refractivity contribution in [3.05, 3.63) is 35.4 Å². The molecule has 0 aliphatic carbocycles. The number of allylic oxidation sites excluding steroid dienone is 1. The summed E-state index contributed by atoms with van der Waals surface area (Å²) in [6.07, 6.45) is 15.9. The zero-order valence-electron chi connectivity index (χ0n) is 20.7. The van der Waals surface area contributed by atoms with E-state index in [9.17, 15) is 13.6 Å². The Morgan fingerprint density at radius 2 is 1.97 bits per heavy atom. The number of halogens is 2. The molecule has 2 rings (SSSR count). The van der Waals surface area contributed by atoms with Gasteiger partial charge in [0.05, 0.1) is 12.3 Å². The Hall–Kier alpha value is -2.72. The van der Waals surface area contributed by atoms with Crippen molar-refractivity contribution in [3.8, 4) is 18.1 Å². The monoisotopic (exact) mass is 489 g/mol. The Bertz CT molecular complexity index is 912. The average Bonchev–Trinajstić information content (AvgIpc) is 3.10. The molecule has 0 aromatic heterocycles. The molecule has 1 aliphatic heterocycles. The highest BCUT2D eigenvalue weighted by atomic mass is 19.2. The fourth-order valence-corrected chi connectivity index (χ4v) is 4.14. The van der Waals surface area contributed by atoms with Crippen LogP contribution in [-0.2, 0) is 9.53 Å². The fraction of sp³-hybridized carbons (Fsp3) is 0.571. The first-order chi connectivity index (χ1) is 16.9. The maximum absolute atomic E-state index is 14.7. The van der Waals surface area contributed by atoms with Gasteiger partial charge in [0.25, 0.3) is 0 Å². The molecule has 1 unspecified atom stereocenters. The van der Waals surface area contributed by atoms with E-state index in [0.717, 1.165) is 76.4 Å². The minimum Gasteiger partial charge on any atom is -0.490 e. The first kappa shape index (κ1) is 28.5. The summed E-state index contributed by atoms with van der Waals surface area (Å²) in [5, 5.41) is 8.68. The molecule has 192 valence electrons. The highest BCUT2D eigenvalue weighted by Gasteiger charge is 2.19. The summed E-state index contributed by atoms with van der Waals surface area (Å²) < 4.78 is 39.9. The summed E-state index contributed by atoms with van der Waals surface area (Å²) in [7, 11) is 0. The van der Waals surface area contributed by atoms with Gasteiger partial charge in [0.1, 0.15) is 0 Å². The van der Waals surface area contributed by atoms with Crippen molar-refractivity contribution in [3.63, 3.8) is 0 Å². The third kappa shape index (κ3) is 10.6. The number of rotatable bonds is 14. The van der Waals surface area contributed by atoms with E-state index >= 15 is 0 Å². The molecule has 1 saturated heterocycles. The van der Waals surface area contributed by atoms with Gasteiger partial charge in [-0.25, -0.2) is 4.39 Å². The maximum atomic E-state index is 14.7. The van der Waals surface area contributed by atoms with E-state index in [4.69, 9.17) is 21.0 Å². The molecule has 5 nitrogen and oxygen atoms in total. The molecule has 35 heavy (non-hydrogen) atoms. The van der Waals surface area contributed by atoms with Gasteiger partial charge in [0, 0.05) is 37.0 Å². The molecule has 0 saturated carbocycles. The number of nitrogens with zero attached hydrogens (tertiary/aromatic N) is 1. The van der Waals surface area contributed by atoms with E-state index in [-0.39, 0.29) is 18.8 Å². The second kappa shape index (κ2) is 16.0. The molecule has 0 amide bonds. The molecule has 0 spiro atoms. The number of aliphatic carboxylic acids is 1. The lowest BCUT2D eigenvalue weighted by atomic mass is 9.94. The molecule has 1 heterocycles. The Labute approximate surface area is 207 Å². The van der Waals surface area contributed by atoms with Crippen LogP contribution < -0.4 is 4.74 Å². The van der Waals surface area contributed by atoms with E-state index in [2.05, 4.69) is 10.9 Å². The predicted octanol–water partition coefficient (Wildman–Crippen LogP) is 6.80. The lowest BCUT2D eigenvalue weighted by Crippen LogP contribution is -2.06. The van der Waals surface area contributed by atoms with Gasteiger partial charge in [0.2, 0.25) is 5.82 Å². The van der Waals surface area contributed by atoms with Crippen LogP contribution in [0.25, 0.3) is 5.70 Å².